The number of hydrogen-bond acceptors (Lipinski definition) is 4. The van der Waals surface area contributed by atoms with E-state index in [1.165, 1.54) is 0 Å². The predicted molar refractivity (Wildman–Crippen MR) is 65.3 cm³/mol. The molecule has 0 aromatic heterocycles. The number of aliphatic hydroxyl groups excluding tert-OH is 2. The quantitative estimate of drug-likeness (QED) is 0.697. The lowest BCUT2D eigenvalue weighted by Gasteiger charge is -2.17. The van der Waals surface area contributed by atoms with Crippen LogP contribution in [0.25, 0.3) is 0 Å². The van der Waals surface area contributed by atoms with E-state index in [0.717, 1.165) is 5.56 Å². The third-order valence-electron chi connectivity index (χ3n) is 2.51. The molecular weight excluding hydrogens is 222 g/mol. The SMILES string of the molecule is Cc1ccc(C(O)C(O)CCS)cc1C#N. The summed E-state index contributed by atoms with van der Waals surface area (Å²) in [6.45, 7) is 1.83. The van der Waals surface area contributed by atoms with Gasteiger partial charge in [-0.25, -0.2) is 0 Å². The lowest BCUT2D eigenvalue weighted by atomic mass is 9.98. The van der Waals surface area contributed by atoms with Crippen molar-refractivity contribution in [1.29, 1.82) is 5.26 Å². The zero-order chi connectivity index (χ0) is 12.1. The Morgan fingerprint density at radius 1 is 1.44 bits per heavy atom. The second-order valence-corrected chi connectivity index (χ2v) is 4.16. The summed E-state index contributed by atoms with van der Waals surface area (Å²) in [5, 5.41) is 28.3. The van der Waals surface area contributed by atoms with Crippen LogP contribution in [0, 0.1) is 18.3 Å². The van der Waals surface area contributed by atoms with Crippen LogP contribution in [0.1, 0.15) is 29.2 Å². The average Bonchev–Trinajstić information content (AvgIpc) is 2.29. The van der Waals surface area contributed by atoms with Crippen LogP contribution in [0.2, 0.25) is 0 Å². The van der Waals surface area contributed by atoms with Gasteiger partial charge in [0.1, 0.15) is 6.10 Å². The first kappa shape index (κ1) is 13.0. The summed E-state index contributed by atoms with van der Waals surface area (Å²) in [4.78, 5) is 0. The summed E-state index contributed by atoms with van der Waals surface area (Å²) >= 11 is 4.00. The summed E-state index contributed by atoms with van der Waals surface area (Å²) in [7, 11) is 0. The molecule has 0 aliphatic rings. The standard InChI is InChI=1S/C12H15NO2S/c1-8-2-3-9(6-10(8)7-13)12(15)11(14)4-5-16/h2-3,6,11-12,14-16H,4-5H2,1H3. The molecule has 86 valence electrons. The van der Waals surface area contributed by atoms with E-state index in [1.54, 1.807) is 18.2 Å². The van der Waals surface area contributed by atoms with Crippen LogP contribution in [-0.4, -0.2) is 22.1 Å². The number of nitriles is 1. The van der Waals surface area contributed by atoms with Gasteiger partial charge in [0.2, 0.25) is 0 Å². The second-order valence-electron chi connectivity index (χ2n) is 3.71. The molecule has 2 atom stereocenters. The lowest BCUT2D eigenvalue weighted by molar-refractivity contribution is 0.0172. The molecule has 2 N–H and O–H groups in total. The van der Waals surface area contributed by atoms with E-state index < -0.39 is 12.2 Å². The van der Waals surface area contributed by atoms with Gasteiger partial charge in [0.15, 0.2) is 0 Å². The summed E-state index contributed by atoms with van der Waals surface area (Å²) in [5.74, 6) is 0.509. The van der Waals surface area contributed by atoms with E-state index in [4.69, 9.17) is 5.26 Å². The van der Waals surface area contributed by atoms with Gasteiger partial charge in [-0.2, -0.15) is 17.9 Å². The van der Waals surface area contributed by atoms with Crippen molar-refractivity contribution in [3.8, 4) is 6.07 Å². The van der Waals surface area contributed by atoms with Gasteiger partial charge in [-0.05, 0) is 36.3 Å². The lowest BCUT2D eigenvalue weighted by Crippen LogP contribution is -2.18. The third-order valence-corrected chi connectivity index (χ3v) is 2.77. The Labute approximate surface area is 101 Å². The number of thiol groups is 1. The van der Waals surface area contributed by atoms with E-state index in [-0.39, 0.29) is 0 Å². The molecule has 0 spiro atoms. The van der Waals surface area contributed by atoms with Crippen molar-refractivity contribution in [2.45, 2.75) is 25.6 Å². The molecule has 16 heavy (non-hydrogen) atoms. The topological polar surface area (TPSA) is 64.2 Å². The Hall–Kier alpha value is -1.02. The number of aryl methyl sites for hydroxylation is 1. The van der Waals surface area contributed by atoms with Crippen LogP contribution in [0.4, 0.5) is 0 Å². The first-order chi connectivity index (χ1) is 7.60. The maximum absolute atomic E-state index is 9.84. The van der Waals surface area contributed by atoms with Crippen LogP contribution < -0.4 is 0 Å². The van der Waals surface area contributed by atoms with Crippen molar-refractivity contribution in [1.82, 2.24) is 0 Å². The minimum absolute atomic E-state index is 0.417. The Morgan fingerprint density at radius 3 is 2.69 bits per heavy atom. The highest BCUT2D eigenvalue weighted by atomic mass is 32.1. The van der Waals surface area contributed by atoms with E-state index >= 15 is 0 Å². The maximum Gasteiger partial charge on any atom is 0.105 e. The van der Waals surface area contributed by atoms with Gasteiger partial charge in [0, 0.05) is 0 Å². The van der Waals surface area contributed by atoms with Gasteiger partial charge < -0.3 is 10.2 Å². The molecule has 0 aliphatic heterocycles. The number of nitrogens with zero attached hydrogens (tertiary/aromatic N) is 1. The molecule has 0 fully saturated rings. The number of rotatable bonds is 4. The molecule has 3 nitrogen and oxygen atoms in total. The summed E-state index contributed by atoms with van der Waals surface area (Å²) in [6, 6.07) is 7.16. The van der Waals surface area contributed by atoms with Gasteiger partial charge in [-0.1, -0.05) is 12.1 Å². The van der Waals surface area contributed by atoms with Crippen molar-refractivity contribution >= 4 is 12.6 Å². The average molecular weight is 237 g/mol. The molecule has 0 aliphatic carbocycles. The van der Waals surface area contributed by atoms with Crippen molar-refractivity contribution in [3.05, 3.63) is 34.9 Å². The van der Waals surface area contributed by atoms with Crippen molar-refractivity contribution in [2.24, 2.45) is 0 Å². The zero-order valence-corrected chi connectivity index (χ0v) is 9.98. The van der Waals surface area contributed by atoms with E-state index in [1.807, 2.05) is 6.92 Å². The molecule has 0 heterocycles. The number of hydrogen-bond donors (Lipinski definition) is 3. The molecule has 4 heteroatoms. The highest BCUT2D eigenvalue weighted by molar-refractivity contribution is 7.80. The number of aliphatic hydroxyl groups is 2. The first-order valence-electron chi connectivity index (χ1n) is 5.07. The molecule has 1 aromatic carbocycles. The van der Waals surface area contributed by atoms with Crippen LogP contribution in [0.15, 0.2) is 18.2 Å². The molecule has 0 saturated carbocycles. The van der Waals surface area contributed by atoms with Crippen LogP contribution >= 0.6 is 12.6 Å². The summed E-state index contributed by atoms with van der Waals surface area (Å²) in [6.07, 6.45) is -1.38. The predicted octanol–water partition coefficient (Wildman–Crippen LogP) is 1.58. The van der Waals surface area contributed by atoms with E-state index in [9.17, 15) is 10.2 Å². The monoisotopic (exact) mass is 237 g/mol. The molecule has 2 unspecified atom stereocenters. The Balaban J connectivity index is 2.92. The molecule has 0 saturated heterocycles. The van der Waals surface area contributed by atoms with E-state index in [2.05, 4.69) is 18.7 Å². The molecule has 0 radical (unpaired) electrons. The largest absolute Gasteiger partial charge is 0.390 e. The fraction of sp³-hybridized carbons (Fsp3) is 0.417. The molecular formula is C12H15NO2S. The summed E-state index contributed by atoms with van der Waals surface area (Å²) < 4.78 is 0. The van der Waals surface area contributed by atoms with Crippen molar-refractivity contribution in [3.63, 3.8) is 0 Å². The minimum atomic E-state index is -0.958. The van der Waals surface area contributed by atoms with Crippen molar-refractivity contribution in [2.75, 3.05) is 5.75 Å². The second kappa shape index (κ2) is 5.90. The normalized spacial score (nSPS) is 14.2. The Morgan fingerprint density at radius 2 is 2.12 bits per heavy atom. The van der Waals surface area contributed by atoms with Crippen molar-refractivity contribution < 1.29 is 10.2 Å². The fourth-order valence-electron chi connectivity index (χ4n) is 1.46. The van der Waals surface area contributed by atoms with Gasteiger partial charge in [0.25, 0.3) is 0 Å². The third kappa shape index (κ3) is 2.99. The Kier molecular flexibility index (Phi) is 4.81. The fourth-order valence-corrected chi connectivity index (χ4v) is 1.72. The van der Waals surface area contributed by atoms with Gasteiger partial charge in [-0.15, -0.1) is 0 Å². The Bertz CT molecular complexity index is 400. The van der Waals surface area contributed by atoms with Crippen LogP contribution in [-0.2, 0) is 0 Å². The molecule has 1 rings (SSSR count). The summed E-state index contributed by atoms with van der Waals surface area (Å²) in [5.41, 5.74) is 1.95. The highest BCUT2D eigenvalue weighted by Crippen LogP contribution is 2.21. The van der Waals surface area contributed by atoms with Crippen LogP contribution in [0.3, 0.4) is 0 Å². The molecule has 0 bridgehead atoms. The smallest absolute Gasteiger partial charge is 0.105 e. The molecule has 0 amide bonds. The maximum atomic E-state index is 9.84. The van der Waals surface area contributed by atoms with Gasteiger partial charge in [-0.3, -0.25) is 0 Å². The molecule has 1 aromatic rings. The number of benzene rings is 1. The highest BCUT2D eigenvalue weighted by Gasteiger charge is 2.18. The van der Waals surface area contributed by atoms with E-state index in [0.29, 0.717) is 23.3 Å². The van der Waals surface area contributed by atoms with Gasteiger partial charge in [0.05, 0.1) is 17.7 Å². The first-order valence-corrected chi connectivity index (χ1v) is 5.71. The van der Waals surface area contributed by atoms with Crippen LogP contribution in [0.5, 0.6) is 0 Å². The van der Waals surface area contributed by atoms with Gasteiger partial charge >= 0.3 is 0 Å². The zero-order valence-electron chi connectivity index (χ0n) is 9.09. The minimum Gasteiger partial charge on any atom is -0.390 e.